The summed E-state index contributed by atoms with van der Waals surface area (Å²) in [4.78, 5) is 0. The highest BCUT2D eigenvalue weighted by atomic mass is 19.4. The summed E-state index contributed by atoms with van der Waals surface area (Å²) in [6.45, 7) is -1.72. The number of aliphatic hydroxyl groups is 2. The maximum absolute atomic E-state index is 13.8. The van der Waals surface area contributed by atoms with Crippen LogP contribution in [0.4, 0.5) is 74.6 Å². The molecule has 0 aliphatic heterocycles. The molecule has 32 heavy (non-hydrogen) atoms. The van der Waals surface area contributed by atoms with Gasteiger partial charge in [0, 0.05) is 0 Å². The predicted molar refractivity (Wildman–Crippen MR) is 67.6 cm³/mol. The summed E-state index contributed by atoms with van der Waals surface area (Å²) >= 11 is 0. The Morgan fingerprint density at radius 3 is 1.06 bits per heavy atom. The van der Waals surface area contributed by atoms with E-state index in [9.17, 15) is 74.6 Å². The van der Waals surface area contributed by atoms with E-state index in [2.05, 4.69) is 0 Å². The van der Waals surface area contributed by atoms with Gasteiger partial charge in [-0.15, -0.1) is 0 Å². The number of hydrogen-bond donors (Lipinski definition) is 2. The van der Waals surface area contributed by atoms with Crippen molar-refractivity contribution < 1.29 is 84.9 Å². The summed E-state index contributed by atoms with van der Waals surface area (Å²) < 4.78 is 223. The average Bonchev–Trinajstić information content (AvgIpc) is 2.59. The Labute approximate surface area is 166 Å². The molecule has 2 nitrogen and oxygen atoms in total. The van der Waals surface area contributed by atoms with E-state index in [-0.39, 0.29) is 0 Å². The van der Waals surface area contributed by atoms with Gasteiger partial charge in [-0.1, -0.05) is 6.92 Å². The van der Waals surface area contributed by atoms with E-state index in [1.165, 1.54) is 0 Å². The third kappa shape index (κ3) is 3.85. The monoisotopic (exact) mass is 522 g/mol. The molecule has 0 fully saturated rings. The Hall–Kier alpha value is -1.27. The molecular weight excluding hydrogens is 511 g/mol. The van der Waals surface area contributed by atoms with Crippen LogP contribution in [0.3, 0.4) is 0 Å². The van der Waals surface area contributed by atoms with Gasteiger partial charge >= 0.3 is 47.6 Å². The second-order valence-electron chi connectivity index (χ2n) is 6.33. The van der Waals surface area contributed by atoms with E-state index in [0.29, 0.717) is 6.92 Å². The first-order valence-corrected chi connectivity index (χ1v) is 7.68. The van der Waals surface area contributed by atoms with Crippen LogP contribution in [-0.2, 0) is 0 Å². The largest absolute Gasteiger partial charge is 0.460 e. The normalized spacial score (nSPS) is 18.0. The average molecular weight is 522 g/mol. The number of hydrogen-bond acceptors (Lipinski definition) is 2. The van der Waals surface area contributed by atoms with E-state index in [0.717, 1.165) is 0 Å². The fourth-order valence-corrected chi connectivity index (χ4v) is 2.17. The van der Waals surface area contributed by atoms with Crippen molar-refractivity contribution in [3.8, 4) is 0 Å². The van der Waals surface area contributed by atoms with Gasteiger partial charge in [-0.05, 0) is 6.42 Å². The molecule has 0 radical (unpaired) electrons. The molecule has 0 saturated carbocycles. The molecule has 0 amide bonds. The molecule has 0 aromatic carbocycles. The van der Waals surface area contributed by atoms with Crippen LogP contribution >= 0.6 is 0 Å². The second-order valence-corrected chi connectivity index (χ2v) is 6.33. The van der Waals surface area contributed by atoms with Crippen LogP contribution in [0, 0.1) is 5.92 Å². The lowest BCUT2D eigenvalue weighted by molar-refractivity contribution is -0.464. The van der Waals surface area contributed by atoms with Gasteiger partial charge < -0.3 is 10.2 Å². The van der Waals surface area contributed by atoms with Crippen LogP contribution in [0.1, 0.15) is 13.3 Å². The molecule has 0 saturated heterocycles. The minimum atomic E-state index is -8.71. The third-order valence-electron chi connectivity index (χ3n) is 4.29. The van der Waals surface area contributed by atoms with Crippen molar-refractivity contribution in [3.63, 3.8) is 0 Å². The number of halogens is 17. The molecule has 19 heteroatoms. The first-order chi connectivity index (χ1) is 13.7. The van der Waals surface area contributed by atoms with Crippen molar-refractivity contribution in [2.45, 2.75) is 67.1 Å². The van der Waals surface area contributed by atoms with Gasteiger partial charge in [0.15, 0.2) is 0 Å². The Balaban J connectivity index is 6.84. The molecular formula is C13H11F17O2. The maximum atomic E-state index is 13.8. The third-order valence-corrected chi connectivity index (χ3v) is 4.29. The Morgan fingerprint density at radius 1 is 0.531 bits per heavy atom. The van der Waals surface area contributed by atoms with Crippen LogP contribution in [0.25, 0.3) is 0 Å². The highest BCUT2D eigenvalue weighted by molar-refractivity contribution is 5.15. The highest BCUT2D eigenvalue weighted by Gasteiger charge is 2.95. The number of aliphatic hydroxyl groups excluding tert-OH is 2. The molecule has 0 aromatic heterocycles. The molecule has 2 N–H and O–H groups in total. The number of alkyl halides is 17. The standard InChI is InChI=1S/C13H11F17O2/c1-2-5(32)4(3-31)6(14,15)7(16,17)8(18,19)9(20,21)10(22,23)11(24,25)12(26,27)13(28,29)30/h4-5,31-32H,2-3H2,1H3. The molecule has 0 bridgehead atoms. The lowest BCUT2D eigenvalue weighted by atomic mass is 9.83. The Bertz CT molecular complexity index is 653. The Kier molecular flexibility index (Phi) is 7.87. The molecule has 0 spiro atoms. The molecule has 0 aromatic rings. The zero-order valence-corrected chi connectivity index (χ0v) is 14.9. The van der Waals surface area contributed by atoms with E-state index in [1.54, 1.807) is 0 Å². The topological polar surface area (TPSA) is 40.5 Å². The summed E-state index contributed by atoms with van der Waals surface area (Å²) in [6.07, 6.45) is -11.8. The van der Waals surface area contributed by atoms with Crippen molar-refractivity contribution in [1.29, 1.82) is 0 Å². The molecule has 2 unspecified atom stereocenters. The van der Waals surface area contributed by atoms with E-state index >= 15 is 0 Å². The molecule has 194 valence electrons. The van der Waals surface area contributed by atoms with Gasteiger partial charge in [0.2, 0.25) is 0 Å². The highest BCUT2D eigenvalue weighted by Crippen LogP contribution is 2.64. The summed E-state index contributed by atoms with van der Waals surface area (Å²) in [6, 6.07) is 0. The SMILES string of the molecule is CCC(O)C(CO)C(F)(F)C(F)(F)C(F)(F)C(F)(F)C(F)(F)C(F)(F)C(F)(F)C(F)(F)F. The first-order valence-electron chi connectivity index (χ1n) is 7.68. The van der Waals surface area contributed by atoms with Crippen molar-refractivity contribution >= 4 is 0 Å². The minimum absolute atomic E-state index is 0.683. The van der Waals surface area contributed by atoms with Crippen molar-refractivity contribution in [1.82, 2.24) is 0 Å². The molecule has 0 rings (SSSR count). The predicted octanol–water partition coefficient (Wildman–Crippen LogP) is 5.38. The fraction of sp³-hybridized carbons (Fsp3) is 1.00. The minimum Gasteiger partial charge on any atom is -0.396 e. The summed E-state index contributed by atoms with van der Waals surface area (Å²) in [5.74, 6) is -61.2. The van der Waals surface area contributed by atoms with Crippen LogP contribution < -0.4 is 0 Å². The van der Waals surface area contributed by atoms with Crippen LogP contribution in [-0.4, -0.2) is 70.6 Å². The maximum Gasteiger partial charge on any atom is 0.460 e. The lowest BCUT2D eigenvalue weighted by Crippen LogP contribution is -2.75. The zero-order chi connectivity index (χ0) is 26.6. The molecule has 0 aliphatic rings. The summed E-state index contributed by atoms with van der Waals surface area (Å²) in [5, 5.41) is 17.7. The fourth-order valence-electron chi connectivity index (χ4n) is 2.17. The van der Waals surface area contributed by atoms with E-state index < -0.39 is 72.7 Å². The quantitative estimate of drug-likeness (QED) is 0.379. The first kappa shape index (κ1) is 30.7. The smallest absolute Gasteiger partial charge is 0.396 e. The van der Waals surface area contributed by atoms with Crippen molar-refractivity contribution in [2.24, 2.45) is 5.92 Å². The molecule has 0 heterocycles. The van der Waals surface area contributed by atoms with Crippen molar-refractivity contribution in [2.75, 3.05) is 6.61 Å². The molecule has 2 atom stereocenters. The van der Waals surface area contributed by atoms with Crippen LogP contribution in [0.15, 0.2) is 0 Å². The summed E-state index contributed by atoms with van der Waals surface area (Å²) in [7, 11) is 0. The van der Waals surface area contributed by atoms with Gasteiger partial charge in [0.1, 0.15) is 0 Å². The van der Waals surface area contributed by atoms with Crippen molar-refractivity contribution in [3.05, 3.63) is 0 Å². The van der Waals surface area contributed by atoms with Crippen LogP contribution in [0.2, 0.25) is 0 Å². The second kappa shape index (κ2) is 8.19. The van der Waals surface area contributed by atoms with E-state index in [1.807, 2.05) is 0 Å². The van der Waals surface area contributed by atoms with Crippen LogP contribution in [0.5, 0.6) is 0 Å². The van der Waals surface area contributed by atoms with Gasteiger partial charge in [0.25, 0.3) is 0 Å². The molecule has 0 aliphatic carbocycles. The van der Waals surface area contributed by atoms with E-state index in [4.69, 9.17) is 10.2 Å². The van der Waals surface area contributed by atoms with Gasteiger partial charge in [-0.2, -0.15) is 74.6 Å². The lowest BCUT2D eigenvalue weighted by Gasteiger charge is -2.44. The van der Waals surface area contributed by atoms with Gasteiger partial charge in [-0.3, -0.25) is 0 Å². The van der Waals surface area contributed by atoms with Gasteiger partial charge in [0.05, 0.1) is 18.6 Å². The Morgan fingerprint density at radius 2 is 0.812 bits per heavy atom. The number of rotatable bonds is 10. The summed E-state index contributed by atoms with van der Waals surface area (Å²) in [5.41, 5.74) is 0. The van der Waals surface area contributed by atoms with Gasteiger partial charge in [-0.25, -0.2) is 0 Å². The zero-order valence-electron chi connectivity index (χ0n) is 14.9.